The van der Waals surface area contributed by atoms with Crippen LogP contribution in [0.4, 0.5) is 0 Å². The van der Waals surface area contributed by atoms with Crippen LogP contribution in [0.25, 0.3) is 21.4 Å². The summed E-state index contributed by atoms with van der Waals surface area (Å²) in [5.74, 6) is 3.52. The molecule has 0 saturated carbocycles. The second-order valence-corrected chi connectivity index (χ2v) is 13.8. The summed E-state index contributed by atoms with van der Waals surface area (Å²) in [6.07, 6.45) is 3.97. The van der Waals surface area contributed by atoms with E-state index in [9.17, 15) is 9.59 Å². The minimum absolute atomic E-state index is 0. The average molecular weight is 798 g/mol. The molecule has 2 fully saturated rings. The number of thiophene rings is 2. The molecule has 4 aromatic rings. The zero-order chi connectivity index (χ0) is 34.7. The van der Waals surface area contributed by atoms with Crippen LogP contribution in [0.1, 0.15) is 70.1 Å². The lowest BCUT2D eigenvalue weighted by Crippen LogP contribution is -3.00. The molecule has 4 aromatic heterocycles. The molecule has 2 N–H and O–H groups in total. The summed E-state index contributed by atoms with van der Waals surface area (Å²) in [7, 11) is 0. The lowest BCUT2D eigenvalue weighted by Gasteiger charge is -2.29. The van der Waals surface area contributed by atoms with Gasteiger partial charge in [0.05, 0.1) is 28.7 Å². The van der Waals surface area contributed by atoms with Crippen LogP contribution < -0.4 is 17.7 Å². The summed E-state index contributed by atoms with van der Waals surface area (Å²) in [6.45, 7) is 13.9. The van der Waals surface area contributed by atoms with Gasteiger partial charge in [-0.05, 0) is 67.0 Å². The summed E-state index contributed by atoms with van der Waals surface area (Å²) in [5.41, 5.74) is 0. The van der Waals surface area contributed by atoms with Crippen molar-refractivity contribution in [3.05, 3.63) is 46.8 Å². The van der Waals surface area contributed by atoms with Crippen molar-refractivity contribution in [2.45, 2.75) is 58.3 Å². The first-order valence-electron chi connectivity index (χ1n) is 16.2. The average Bonchev–Trinajstić information content (AvgIpc) is 3.97. The molecule has 2 saturated heterocycles. The lowest BCUT2D eigenvalue weighted by molar-refractivity contribution is -0.663. The maximum atomic E-state index is 11.5. The quantitative estimate of drug-likeness (QED) is 0.200. The molecule has 0 bridgehead atoms. The van der Waals surface area contributed by atoms with Gasteiger partial charge in [-0.15, -0.1) is 45.9 Å². The van der Waals surface area contributed by atoms with Crippen LogP contribution in [0.15, 0.2) is 44.1 Å². The zero-order valence-electron chi connectivity index (χ0n) is 28.0. The maximum absolute atomic E-state index is 11.5. The third kappa shape index (κ3) is 14.6. The second kappa shape index (κ2) is 24.2. The van der Waals surface area contributed by atoms with E-state index in [1.54, 1.807) is 27.6 Å². The van der Waals surface area contributed by atoms with Crippen LogP contribution in [0, 0.1) is 0 Å². The summed E-state index contributed by atoms with van der Waals surface area (Å²) >= 11 is 18.4. The number of likely N-dealkylation sites (tertiary alicyclic amines) is 1. The highest BCUT2D eigenvalue weighted by Crippen LogP contribution is 2.30. The number of piperidine rings is 2. The number of halogens is 4. The zero-order valence-corrected chi connectivity index (χ0v) is 32.7. The Morgan fingerprint density at radius 3 is 1.63 bits per heavy atom. The van der Waals surface area contributed by atoms with Crippen molar-refractivity contribution in [2.75, 3.05) is 57.6 Å². The van der Waals surface area contributed by atoms with Crippen molar-refractivity contribution in [1.29, 1.82) is 0 Å². The number of hydrogen-bond acceptors (Lipinski definition) is 11. The van der Waals surface area contributed by atoms with E-state index in [2.05, 4.69) is 51.3 Å². The SMILES string of the molecule is CCN(CC)CC.O=C(CCl)N1CCC(c2nc(-c3cccs3)no2)CC1.O=C(Cl)CCl.[Cl-].c1csc(-c2noc(C3CC[NH2+]CC3)n2)c1. The van der Waals surface area contributed by atoms with Gasteiger partial charge in [-0.2, -0.15) is 9.97 Å². The van der Waals surface area contributed by atoms with Gasteiger partial charge in [-0.25, -0.2) is 0 Å². The molecule has 0 spiro atoms. The number of carbonyl (C=O) groups is 2. The summed E-state index contributed by atoms with van der Waals surface area (Å²) in [6, 6.07) is 7.97. The Bertz CT molecular complexity index is 1430. The van der Waals surface area contributed by atoms with E-state index >= 15 is 0 Å². The molecule has 0 aromatic carbocycles. The molecule has 6 rings (SSSR count). The van der Waals surface area contributed by atoms with Gasteiger partial charge in [0.2, 0.25) is 34.6 Å². The highest BCUT2D eigenvalue weighted by Gasteiger charge is 2.27. The Hall–Kier alpha value is -2.10. The first kappa shape index (κ1) is 43.1. The van der Waals surface area contributed by atoms with Gasteiger partial charge in [-0.1, -0.05) is 43.2 Å². The minimum atomic E-state index is -0.508. The van der Waals surface area contributed by atoms with Crippen molar-refractivity contribution in [3.8, 4) is 21.4 Å². The van der Waals surface area contributed by atoms with E-state index in [-0.39, 0.29) is 36.0 Å². The van der Waals surface area contributed by atoms with Crippen molar-refractivity contribution in [2.24, 2.45) is 0 Å². The summed E-state index contributed by atoms with van der Waals surface area (Å²) in [4.78, 5) is 36.2. The molecular formula is C32H45Cl4N7O4S2. The van der Waals surface area contributed by atoms with E-state index in [0.717, 1.165) is 47.2 Å². The molecular weight excluding hydrogens is 752 g/mol. The molecule has 17 heteroatoms. The molecule has 272 valence electrons. The van der Waals surface area contributed by atoms with E-state index in [4.69, 9.17) is 43.8 Å². The normalized spacial score (nSPS) is 14.8. The molecule has 49 heavy (non-hydrogen) atoms. The molecule has 6 heterocycles. The molecule has 2 aliphatic heterocycles. The summed E-state index contributed by atoms with van der Waals surface area (Å²) < 4.78 is 10.7. The van der Waals surface area contributed by atoms with Crippen LogP contribution in [0.3, 0.4) is 0 Å². The summed E-state index contributed by atoms with van der Waals surface area (Å²) in [5, 5.41) is 13.9. The van der Waals surface area contributed by atoms with Crippen LogP contribution in [-0.4, -0.2) is 98.8 Å². The van der Waals surface area contributed by atoms with Gasteiger partial charge in [-0.3, -0.25) is 9.59 Å². The number of hydrogen-bond donors (Lipinski definition) is 1. The highest BCUT2D eigenvalue weighted by atomic mass is 35.5. The van der Waals surface area contributed by atoms with Gasteiger partial charge < -0.3 is 36.6 Å². The Morgan fingerprint density at radius 1 is 0.837 bits per heavy atom. The molecule has 2 aliphatic rings. The number of nitrogens with two attached hydrogens (primary N) is 1. The fourth-order valence-corrected chi connectivity index (χ4v) is 6.59. The maximum Gasteiger partial charge on any atom is 0.237 e. The van der Waals surface area contributed by atoms with Crippen LogP contribution in [0.2, 0.25) is 0 Å². The number of quaternary nitrogens is 1. The largest absolute Gasteiger partial charge is 1.00 e. The number of aromatic nitrogens is 4. The Kier molecular flexibility index (Phi) is 21.2. The molecule has 0 aliphatic carbocycles. The molecule has 0 unspecified atom stereocenters. The Balaban J connectivity index is 0.000000256. The van der Waals surface area contributed by atoms with Gasteiger partial charge in [0, 0.05) is 37.8 Å². The number of alkyl halides is 2. The van der Waals surface area contributed by atoms with Crippen LogP contribution in [-0.2, 0) is 9.59 Å². The van der Waals surface area contributed by atoms with E-state index in [0.29, 0.717) is 30.7 Å². The fourth-order valence-electron chi connectivity index (χ4n) is 5.12. The van der Waals surface area contributed by atoms with Crippen molar-refractivity contribution in [3.63, 3.8) is 0 Å². The number of amides is 1. The lowest BCUT2D eigenvalue weighted by atomic mass is 9.97. The van der Waals surface area contributed by atoms with Gasteiger partial charge in [0.15, 0.2) is 0 Å². The minimum Gasteiger partial charge on any atom is -1.00 e. The second-order valence-electron chi connectivity index (χ2n) is 10.9. The van der Waals surface area contributed by atoms with Gasteiger partial charge >= 0.3 is 0 Å². The highest BCUT2D eigenvalue weighted by molar-refractivity contribution is 7.13. The number of carbonyl (C=O) groups excluding carboxylic acids is 2. The topological polar surface area (TPSA) is 135 Å². The first-order chi connectivity index (χ1) is 23.3. The Labute approximate surface area is 317 Å². The van der Waals surface area contributed by atoms with Gasteiger partial charge in [0.25, 0.3) is 0 Å². The standard InChI is InChI=1S/C13H14ClN3O2S.C11H13N3OS.C6H15N.C2H2Cl2O.ClH/c14-8-11(18)17-5-3-9(4-6-17)13-15-12(16-19-13)10-2-1-7-20-10;1-2-9(16-7-1)10-13-11(15-14-10)8-3-5-12-6-4-8;1-4-7(5-2)6-3;3-1-2(4)5;/h1-2,7,9H,3-6,8H2;1-2,7-8,12H,3-6H2;4-6H2,1-3H3;1H2;1H. The van der Waals surface area contributed by atoms with Crippen LogP contribution in [0.5, 0.6) is 0 Å². The van der Waals surface area contributed by atoms with E-state index in [1.165, 1.54) is 32.7 Å². The van der Waals surface area contributed by atoms with Gasteiger partial charge in [0.1, 0.15) is 5.88 Å². The predicted octanol–water partition coefficient (Wildman–Crippen LogP) is 3.32. The first-order valence-corrected chi connectivity index (χ1v) is 19.4. The third-order valence-corrected chi connectivity index (χ3v) is 10.4. The van der Waals surface area contributed by atoms with Crippen LogP contribution >= 0.6 is 57.5 Å². The molecule has 0 atom stereocenters. The monoisotopic (exact) mass is 795 g/mol. The number of rotatable bonds is 9. The molecule has 1 amide bonds. The molecule has 11 nitrogen and oxygen atoms in total. The Morgan fingerprint density at radius 2 is 1.29 bits per heavy atom. The van der Waals surface area contributed by atoms with E-state index < -0.39 is 5.24 Å². The van der Waals surface area contributed by atoms with E-state index in [1.807, 2.05) is 35.0 Å². The van der Waals surface area contributed by atoms with Crippen molar-refractivity contribution < 1.29 is 36.4 Å². The number of nitrogens with zero attached hydrogens (tertiary/aromatic N) is 6. The smallest absolute Gasteiger partial charge is 0.237 e. The molecule has 0 radical (unpaired) electrons. The fraction of sp³-hybridized carbons (Fsp3) is 0.562. The predicted molar refractivity (Wildman–Crippen MR) is 193 cm³/mol. The third-order valence-electron chi connectivity index (χ3n) is 7.91. The van der Waals surface area contributed by atoms with Crippen molar-refractivity contribution in [1.82, 2.24) is 30.1 Å². The van der Waals surface area contributed by atoms with Crippen molar-refractivity contribution >= 4 is 68.6 Å².